The molecule has 0 saturated heterocycles. The molecule has 1 heterocycles. The molecule has 0 radical (unpaired) electrons. The molecule has 1 aromatic carbocycles. The number of hydrogen-bond donors (Lipinski definition) is 2. The first kappa shape index (κ1) is 22.1. The Morgan fingerprint density at radius 2 is 2.06 bits per heavy atom. The van der Waals surface area contributed by atoms with Gasteiger partial charge >= 0.3 is 5.97 Å². The maximum atomic E-state index is 13.3. The molecule has 0 aliphatic heterocycles. The third-order valence-electron chi connectivity index (χ3n) is 7.71. The first-order valence-corrected chi connectivity index (χ1v) is 12.3. The van der Waals surface area contributed by atoms with Gasteiger partial charge in [0.15, 0.2) is 0 Å². The molecular formula is C26H33NO3S. The van der Waals surface area contributed by atoms with Crippen LogP contribution in [0.15, 0.2) is 35.7 Å². The molecule has 166 valence electrons. The van der Waals surface area contributed by atoms with E-state index in [0.29, 0.717) is 18.3 Å². The van der Waals surface area contributed by atoms with Crippen LogP contribution in [0.25, 0.3) is 10.1 Å². The largest absolute Gasteiger partial charge is 0.481 e. The lowest BCUT2D eigenvalue weighted by Gasteiger charge is -2.62. The summed E-state index contributed by atoms with van der Waals surface area (Å²) in [5, 5.41) is 15.3. The van der Waals surface area contributed by atoms with Gasteiger partial charge in [0.05, 0.1) is 5.56 Å². The summed E-state index contributed by atoms with van der Waals surface area (Å²) in [6.45, 7) is 6.77. The average Bonchev–Trinajstić information content (AvgIpc) is 3.13. The fourth-order valence-electron chi connectivity index (χ4n) is 5.68. The number of carboxylic acids is 1. The molecule has 0 unspecified atom stereocenters. The molecule has 4 nitrogen and oxygen atoms in total. The van der Waals surface area contributed by atoms with Gasteiger partial charge in [-0.3, -0.25) is 9.59 Å². The second-order valence-corrected chi connectivity index (χ2v) is 10.9. The molecule has 2 bridgehead atoms. The zero-order chi connectivity index (χ0) is 22.2. The highest BCUT2D eigenvalue weighted by atomic mass is 32.1. The summed E-state index contributed by atoms with van der Waals surface area (Å²) in [4.78, 5) is 24.0. The minimum atomic E-state index is -0.734. The number of benzene rings is 1. The van der Waals surface area contributed by atoms with Gasteiger partial charge in [0, 0.05) is 27.9 Å². The van der Waals surface area contributed by atoms with Gasteiger partial charge in [-0.2, -0.15) is 0 Å². The van der Waals surface area contributed by atoms with Crippen molar-refractivity contribution in [1.82, 2.24) is 5.32 Å². The lowest BCUT2D eigenvalue weighted by molar-refractivity contribution is -0.137. The van der Waals surface area contributed by atoms with Crippen molar-refractivity contribution in [2.45, 2.75) is 65.3 Å². The van der Waals surface area contributed by atoms with Gasteiger partial charge in [-0.05, 0) is 74.3 Å². The van der Waals surface area contributed by atoms with Crippen LogP contribution in [-0.2, 0) is 4.79 Å². The topological polar surface area (TPSA) is 66.4 Å². The number of nitrogens with one attached hydrogen (secondary N) is 1. The number of allylic oxidation sites excluding steroid dienone is 2. The number of unbranched alkanes of at least 4 members (excludes halogenated alkanes) is 1. The molecule has 3 aliphatic rings. The van der Waals surface area contributed by atoms with Gasteiger partial charge in [0.1, 0.15) is 0 Å². The van der Waals surface area contributed by atoms with Crippen LogP contribution in [-0.4, -0.2) is 23.0 Å². The summed E-state index contributed by atoms with van der Waals surface area (Å²) in [6.07, 6.45) is 9.32. The van der Waals surface area contributed by atoms with Gasteiger partial charge in [-0.1, -0.05) is 37.6 Å². The lowest BCUT2D eigenvalue weighted by atomic mass is 9.44. The molecule has 0 spiro atoms. The predicted octanol–water partition coefficient (Wildman–Crippen LogP) is 6.19. The quantitative estimate of drug-likeness (QED) is 0.381. The lowest BCUT2D eigenvalue weighted by Crippen LogP contribution is -2.63. The molecule has 2 N–H and O–H groups in total. The minimum absolute atomic E-state index is 0.0541. The van der Waals surface area contributed by atoms with Crippen molar-refractivity contribution < 1.29 is 14.7 Å². The van der Waals surface area contributed by atoms with Crippen LogP contribution in [0.5, 0.6) is 0 Å². The molecule has 1 amide bonds. The molecule has 4 atom stereocenters. The Morgan fingerprint density at radius 1 is 1.26 bits per heavy atom. The smallest absolute Gasteiger partial charge is 0.303 e. The van der Waals surface area contributed by atoms with E-state index in [0.717, 1.165) is 40.8 Å². The third kappa shape index (κ3) is 4.43. The van der Waals surface area contributed by atoms with Crippen LogP contribution in [0.1, 0.15) is 68.3 Å². The van der Waals surface area contributed by atoms with Crippen molar-refractivity contribution in [1.29, 1.82) is 0 Å². The number of hydrogen-bond acceptors (Lipinski definition) is 3. The summed E-state index contributed by atoms with van der Waals surface area (Å²) in [7, 11) is 0. The van der Waals surface area contributed by atoms with Crippen LogP contribution < -0.4 is 5.32 Å². The number of carbonyl (C=O) groups excluding carboxylic acids is 1. The molecule has 5 heteroatoms. The fourth-order valence-corrected chi connectivity index (χ4v) is 6.60. The van der Waals surface area contributed by atoms with Gasteiger partial charge < -0.3 is 10.4 Å². The van der Waals surface area contributed by atoms with E-state index in [1.165, 1.54) is 12.0 Å². The molecule has 3 aliphatic carbocycles. The normalized spacial score (nSPS) is 26.7. The molecule has 31 heavy (non-hydrogen) atoms. The first-order valence-electron chi connectivity index (χ1n) is 11.4. The van der Waals surface area contributed by atoms with Gasteiger partial charge in [0.2, 0.25) is 0 Å². The van der Waals surface area contributed by atoms with Crippen LogP contribution >= 0.6 is 11.3 Å². The predicted molar refractivity (Wildman–Crippen MR) is 127 cm³/mol. The van der Waals surface area contributed by atoms with E-state index in [-0.39, 0.29) is 23.8 Å². The average molecular weight is 440 g/mol. The Hall–Kier alpha value is -2.14. The van der Waals surface area contributed by atoms with Crippen molar-refractivity contribution in [3.63, 3.8) is 0 Å². The van der Waals surface area contributed by atoms with Crippen molar-refractivity contribution in [3.8, 4) is 0 Å². The second kappa shape index (κ2) is 8.78. The fraction of sp³-hybridized carbons (Fsp3) is 0.538. The van der Waals surface area contributed by atoms with Crippen molar-refractivity contribution >= 4 is 33.3 Å². The molecule has 5 rings (SSSR count). The van der Waals surface area contributed by atoms with Crippen molar-refractivity contribution in [2.75, 3.05) is 0 Å². The molecule has 2 aromatic rings. The third-order valence-corrected chi connectivity index (χ3v) is 8.68. The summed E-state index contributed by atoms with van der Waals surface area (Å²) in [6, 6.07) is 6.50. The summed E-state index contributed by atoms with van der Waals surface area (Å²) < 4.78 is 1.16. The Balaban J connectivity index is 1.46. The second-order valence-electron chi connectivity index (χ2n) is 10.00. The monoisotopic (exact) mass is 439 g/mol. The zero-order valence-corrected chi connectivity index (χ0v) is 19.5. The number of carbonyl (C=O) groups is 2. The maximum absolute atomic E-state index is 13.3. The Kier molecular flexibility index (Phi) is 6.25. The van der Waals surface area contributed by atoms with Crippen molar-refractivity contribution in [3.05, 3.63) is 46.9 Å². The molecular weight excluding hydrogens is 406 g/mol. The van der Waals surface area contributed by atoms with E-state index in [4.69, 9.17) is 5.11 Å². The number of aryl methyl sites for hydroxylation is 1. The number of rotatable bonds is 8. The van der Waals surface area contributed by atoms with E-state index in [2.05, 4.69) is 56.4 Å². The highest BCUT2D eigenvalue weighted by molar-refractivity contribution is 7.17. The van der Waals surface area contributed by atoms with Crippen LogP contribution in [0, 0.1) is 30.1 Å². The standard InChI is InChI=1S/C26H33NO3S/c1-16-10-11-22-19(12-16)20(15-31-22)25(30)27-24-17(8-6-4-5-7-9-23(28)29)13-18-14-21(24)26(18,2)3/h4,6,10-12,15,17-18,21,24H,5,7-9,13-14H2,1-3H3,(H,27,30)(H,28,29)/b6-4-/t17-,18+,21+,24+/m1/s1. The van der Waals surface area contributed by atoms with Gasteiger partial charge in [-0.25, -0.2) is 0 Å². The Bertz CT molecular complexity index is 1010. The SMILES string of the molecule is Cc1ccc2scc(C(=O)N[C@H]3[C@H](C/C=C\CCCC(=O)O)C[C@H]4C[C@@H]3C4(C)C)c2c1. The van der Waals surface area contributed by atoms with Crippen LogP contribution in [0.4, 0.5) is 0 Å². The first-order chi connectivity index (χ1) is 14.8. The van der Waals surface area contributed by atoms with E-state index in [9.17, 15) is 9.59 Å². The van der Waals surface area contributed by atoms with E-state index in [1.54, 1.807) is 11.3 Å². The number of carboxylic acid groups (broad SMARTS) is 1. The van der Waals surface area contributed by atoms with Gasteiger partial charge in [-0.15, -0.1) is 11.3 Å². The number of thiophene rings is 1. The van der Waals surface area contributed by atoms with Crippen molar-refractivity contribution in [2.24, 2.45) is 23.2 Å². The molecule has 3 saturated carbocycles. The van der Waals surface area contributed by atoms with E-state index in [1.807, 2.05) is 5.38 Å². The number of fused-ring (bicyclic) bond motifs is 3. The summed E-state index contributed by atoms with van der Waals surface area (Å²) in [5.41, 5.74) is 2.25. The Morgan fingerprint density at radius 3 is 2.81 bits per heavy atom. The highest BCUT2D eigenvalue weighted by Gasteiger charge is 2.57. The van der Waals surface area contributed by atoms with Crippen LogP contribution in [0.2, 0.25) is 0 Å². The van der Waals surface area contributed by atoms with Crippen LogP contribution in [0.3, 0.4) is 0 Å². The highest BCUT2D eigenvalue weighted by Crippen LogP contribution is 2.61. The Labute approximate surface area is 188 Å². The number of aliphatic carboxylic acids is 1. The summed E-state index contributed by atoms with van der Waals surface area (Å²) >= 11 is 1.63. The number of amides is 1. The van der Waals surface area contributed by atoms with Gasteiger partial charge in [0.25, 0.3) is 5.91 Å². The summed E-state index contributed by atoms with van der Waals surface area (Å²) in [5.74, 6) is 1.02. The van der Waals surface area contributed by atoms with E-state index < -0.39 is 5.97 Å². The molecule has 1 aromatic heterocycles. The minimum Gasteiger partial charge on any atom is -0.481 e. The maximum Gasteiger partial charge on any atom is 0.303 e. The molecule has 3 fully saturated rings. The van der Waals surface area contributed by atoms with E-state index >= 15 is 0 Å². The zero-order valence-electron chi connectivity index (χ0n) is 18.7.